The Labute approximate surface area is 149 Å². The maximum absolute atomic E-state index is 6.19. The Bertz CT molecular complexity index is 832. The Kier molecular flexibility index (Phi) is 4.34. The van der Waals surface area contributed by atoms with E-state index >= 15 is 0 Å². The first-order valence-electron chi connectivity index (χ1n) is 6.67. The van der Waals surface area contributed by atoms with Crippen LogP contribution in [-0.4, -0.2) is 0 Å². The maximum atomic E-state index is 6.19. The van der Waals surface area contributed by atoms with E-state index in [0.717, 1.165) is 0 Å². The predicted octanol–water partition coefficient (Wildman–Crippen LogP) is -3.30. The molecule has 0 saturated heterocycles. The van der Waals surface area contributed by atoms with Crippen molar-refractivity contribution >= 4 is 57.3 Å². The molecule has 18 N–H and O–H groups in total. The van der Waals surface area contributed by atoms with Crippen LogP contribution in [0.2, 0.25) is 0 Å². The molecular weight excluding hydrogens is 421 g/mol. The van der Waals surface area contributed by atoms with Gasteiger partial charge in [-0.15, -0.1) is 0 Å². The quantitative estimate of drug-likeness (QED) is 0.171. The molecule has 0 aliphatic rings. The summed E-state index contributed by atoms with van der Waals surface area (Å²) in [6.45, 7) is 3.70. The van der Waals surface area contributed by atoms with Crippen molar-refractivity contribution in [2.75, 3.05) is 51.6 Å². The van der Waals surface area contributed by atoms with Crippen LogP contribution < -0.4 is 72.8 Å². The number of nitrogens with two attached hydrogens (primary N) is 9. The third kappa shape index (κ3) is 2.40. The van der Waals surface area contributed by atoms with Crippen LogP contribution in [-0.2, 0) is 0 Å². The van der Waals surface area contributed by atoms with Gasteiger partial charge in [0.25, 0.3) is 0 Å². The molecular formula is C14H21IN9-. The molecule has 9 nitrogen and oxygen atoms in total. The van der Waals surface area contributed by atoms with Crippen molar-refractivity contribution < 1.29 is 21.2 Å². The SMILES string of the molecule is C=Cc1c(N)c(N)c(N)c([I-]c2c(N)c(N)c(N)c(N)c2N)c1N. The summed E-state index contributed by atoms with van der Waals surface area (Å²) in [5.74, 6) is 0. The second kappa shape index (κ2) is 5.96. The van der Waals surface area contributed by atoms with Gasteiger partial charge in [0.2, 0.25) is 0 Å². The summed E-state index contributed by atoms with van der Waals surface area (Å²) < 4.78 is 1.20. The van der Waals surface area contributed by atoms with Crippen LogP contribution in [0.4, 0.5) is 51.2 Å². The molecule has 2 rings (SSSR count). The first kappa shape index (κ1) is 17.5. The molecule has 0 unspecified atom stereocenters. The van der Waals surface area contributed by atoms with Gasteiger partial charge >= 0.3 is 149 Å². The van der Waals surface area contributed by atoms with Gasteiger partial charge in [-0.2, -0.15) is 0 Å². The molecule has 0 aromatic heterocycles. The van der Waals surface area contributed by atoms with Gasteiger partial charge in [-0.05, 0) is 0 Å². The third-order valence-electron chi connectivity index (χ3n) is 3.66. The van der Waals surface area contributed by atoms with Crippen LogP contribution in [0.25, 0.3) is 6.08 Å². The zero-order chi connectivity index (χ0) is 18.3. The minimum absolute atomic E-state index is 0.155. The molecule has 2 aromatic rings. The molecule has 0 saturated carbocycles. The van der Waals surface area contributed by atoms with Crippen molar-refractivity contribution in [2.45, 2.75) is 0 Å². The topological polar surface area (TPSA) is 234 Å². The van der Waals surface area contributed by atoms with E-state index in [4.69, 9.17) is 51.6 Å². The number of hydrogen-bond donors (Lipinski definition) is 9. The fraction of sp³-hybridized carbons (Fsp3) is 0. The minimum atomic E-state index is -1.06. The third-order valence-corrected chi connectivity index (χ3v) is 7.06. The Hall–Kier alpha value is -2.89. The van der Waals surface area contributed by atoms with E-state index in [2.05, 4.69) is 6.58 Å². The molecule has 2 aromatic carbocycles. The van der Waals surface area contributed by atoms with Crippen molar-refractivity contribution in [1.29, 1.82) is 0 Å². The monoisotopic (exact) mass is 442 g/mol. The number of hydrogen-bond acceptors (Lipinski definition) is 9. The fourth-order valence-electron chi connectivity index (χ4n) is 2.15. The second-order valence-electron chi connectivity index (χ2n) is 5.06. The Morgan fingerprint density at radius 2 is 0.833 bits per heavy atom. The molecule has 10 heteroatoms. The van der Waals surface area contributed by atoms with Gasteiger partial charge in [-0.3, -0.25) is 0 Å². The number of nitrogen functional groups attached to an aromatic ring is 9. The Balaban J connectivity index is 2.75. The van der Waals surface area contributed by atoms with E-state index in [0.29, 0.717) is 18.4 Å². The summed E-state index contributed by atoms with van der Waals surface area (Å²) >= 11 is -1.06. The van der Waals surface area contributed by atoms with Gasteiger partial charge in [0, 0.05) is 0 Å². The van der Waals surface area contributed by atoms with Crippen LogP contribution in [0.5, 0.6) is 0 Å². The predicted molar refractivity (Wildman–Crippen MR) is 100 cm³/mol. The van der Waals surface area contributed by atoms with Gasteiger partial charge in [0.1, 0.15) is 0 Å². The van der Waals surface area contributed by atoms with Crippen molar-refractivity contribution in [1.82, 2.24) is 0 Å². The van der Waals surface area contributed by atoms with Crippen LogP contribution >= 0.6 is 0 Å². The average molecular weight is 442 g/mol. The van der Waals surface area contributed by atoms with Crippen molar-refractivity contribution in [3.8, 4) is 0 Å². The van der Waals surface area contributed by atoms with E-state index in [9.17, 15) is 0 Å². The molecule has 0 aliphatic carbocycles. The standard InChI is InChI=1S/C14H21IN9/c1-2-3-6(16)4(8(18)11(21)7(3)17)15-5-9(19)12(22)14(24)13(23)10(5)20/h2H,1,16-24H2/q-1. The van der Waals surface area contributed by atoms with Crippen molar-refractivity contribution in [3.63, 3.8) is 0 Å². The molecule has 0 fully saturated rings. The molecule has 0 aliphatic heterocycles. The number of halogens is 1. The molecule has 130 valence electrons. The fourth-order valence-corrected chi connectivity index (χ4v) is 5.02. The average Bonchev–Trinajstić information content (AvgIpc) is 2.56. The van der Waals surface area contributed by atoms with E-state index in [1.54, 1.807) is 0 Å². The van der Waals surface area contributed by atoms with E-state index < -0.39 is 21.2 Å². The summed E-state index contributed by atoms with van der Waals surface area (Å²) in [5.41, 5.74) is 56.7. The van der Waals surface area contributed by atoms with Gasteiger partial charge in [0.15, 0.2) is 0 Å². The van der Waals surface area contributed by atoms with Crippen LogP contribution in [0, 0.1) is 7.14 Å². The van der Waals surface area contributed by atoms with Crippen LogP contribution in [0.15, 0.2) is 6.58 Å². The van der Waals surface area contributed by atoms with Crippen LogP contribution in [0.1, 0.15) is 5.56 Å². The van der Waals surface area contributed by atoms with Gasteiger partial charge in [-0.25, -0.2) is 0 Å². The zero-order valence-corrected chi connectivity index (χ0v) is 15.0. The first-order chi connectivity index (χ1) is 11.1. The normalized spacial score (nSPS) is 10.8. The molecule has 0 radical (unpaired) electrons. The number of anilines is 9. The van der Waals surface area contributed by atoms with E-state index in [-0.39, 0.29) is 45.5 Å². The van der Waals surface area contributed by atoms with E-state index in [1.807, 2.05) is 0 Å². The van der Waals surface area contributed by atoms with Crippen LogP contribution in [0.3, 0.4) is 0 Å². The number of benzene rings is 2. The molecule has 0 amide bonds. The summed E-state index contributed by atoms with van der Waals surface area (Å²) in [7, 11) is 0. The van der Waals surface area contributed by atoms with Crippen molar-refractivity contribution in [2.24, 2.45) is 0 Å². The van der Waals surface area contributed by atoms with E-state index in [1.165, 1.54) is 6.08 Å². The molecule has 0 heterocycles. The van der Waals surface area contributed by atoms with Gasteiger partial charge in [0.05, 0.1) is 0 Å². The molecule has 24 heavy (non-hydrogen) atoms. The van der Waals surface area contributed by atoms with Gasteiger partial charge in [-0.1, -0.05) is 0 Å². The van der Waals surface area contributed by atoms with Crippen molar-refractivity contribution in [3.05, 3.63) is 19.3 Å². The number of rotatable bonds is 3. The Morgan fingerprint density at radius 3 is 1.25 bits per heavy atom. The molecule has 0 spiro atoms. The summed E-state index contributed by atoms with van der Waals surface area (Å²) in [6.07, 6.45) is 1.52. The first-order valence-corrected chi connectivity index (χ1v) is 8.83. The Morgan fingerprint density at radius 1 is 0.500 bits per heavy atom. The van der Waals surface area contributed by atoms with Gasteiger partial charge < -0.3 is 0 Å². The zero-order valence-electron chi connectivity index (χ0n) is 12.9. The summed E-state index contributed by atoms with van der Waals surface area (Å²) in [5, 5.41) is 0. The summed E-state index contributed by atoms with van der Waals surface area (Å²) in [4.78, 5) is 0. The summed E-state index contributed by atoms with van der Waals surface area (Å²) in [6, 6.07) is 0. The molecule has 0 atom stereocenters. The molecule has 0 bridgehead atoms. The second-order valence-corrected chi connectivity index (χ2v) is 7.76.